The van der Waals surface area contributed by atoms with E-state index >= 15 is 0 Å². The van der Waals surface area contributed by atoms with Gasteiger partial charge in [0.25, 0.3) is 0 Å². The Bertz CT molecular complexity index is 644. The molecule has 0 radical (unpaired) electrons. The zero-order valence-corrected chi connectivity index (χ0v) is 10.3. The van der Waals surface area contributed by atoms with Gasteiger partial charge in [-0.3, -0.25) is 0 Å². The first-order chi connectivity index (χ1) is 8.97. The highest BCUT2D eigenvalue weighted by Crippen LogP contribution is 2.26. The molecule has 0 aliphatic rings. The van der Waals surface area contributed by atoms with Gasteiger partial charge in [-0.05, 0) is 37.6 Å². The zero-order valence-electron chi connectivity index (χ0n) is 10.3. The van der Waals surface area contributed by atoms with Crippen LogP contribution in [0.4, 0.5) is 4.39 Å². The van der Waals surface area contributed by atoms with Gasteiger partial charge in [0.1, 0.15) is 23.0 Å². The number of hydrogen-bond acceptors (Lipinski definition) is 4. The van der Waals surface area contributed by atoms with Crippen LogP contribution in [0.25, 0.3) is 0 Å². The predicted octanol–water partition coefficient (Wildman–Crippen LogP) is 2.72. The van der Waals surface area contributed by atoms with Gasteiger partial charge in [0.05, 0.1) is 0 Å². The van der Waals surface area contributed by atoms with Crippen LogP contribution in [0.3, 0.4) is 0 Å². The summed E-state index contributed by atoms with van der Waals surface area (Å²) in [4.78, 5) is 18.8. The van der Waals surface area contributed by atoms with Gasteiger partial charge in [-0.1, -0.05) is 0 Å². The highest BCUT2D eigenvalue weighted by molar-refractivity contribution is 5.89. The molecule has 19 heavy (non-hydrogen) atoms. The molecule has 0 spiro atoms. The number of aromatic carboxylic acids is 1. The number of carboxylic acid groups (broad SMARTS) is 1. The Morgan fingerprint density at radius 1 is 1.37 bits per heavy atom. The summed E-state index contributed by atoms with van der Waals surface area (Å²) in [7, 11) is 0. The molecular formula is C13H11FN2O3. The maximum absolute atomic E-state index is 13.0. The van der Waals surface area contributed by atoms with Crippen molar-refractivity contribution in [3.63, 3.8) is 0 Å². The Hall–Kier alpha value is -2.50. The molecule has 0 aliphatic heterocycles. The quantitative estimate of drug-likeness (QED) is 0.920. The van der Waals surface area contributed by atoms with Crippen LogP contribution in [0.15, 0.2) is 24.4 Å². The number of aromatic nitrogens is 2. The summed E-state index contributed by atoms with van der Waals surface area (Å²) >= 11 is 0. The van der Waals surface area contributed by atoms with Crippen LogP contribution in [0.2, 0.25) is 0 Å². The lowest BCUT2D eigenvalue weighted by Crippen LogP contribution is -2.05. The monoisotopic (exact) mass is 262 g/mol. The first-order valence-electron chi connectivity index (χ1n) is 5.48. The average molecular weight is 262 g/mol. The highest BCUT2D eigenvalue weighted by atomic mass is 19.1. The molecule has 0 atom stereocenters. The molecule has 1 aromatic carbocycles. The van der Waals surface area contributed by atoms with Crippen molar-refractivity contribution in [3.8, 4) is 11.6 Å². The number of carboxylic acids is 1. The van der Waals surface area contributed by atoms with E-state index in [1.54, 1.807) is 13.8 Å². The van der Waals surface area contributed by atoms with Gasteiger partial charge < -0.3 is 9.84 Å². The fraction of sp³-hybridized carbons (Fsp3) is 0.154. The van der Waals surface area contributed by atoms with E-state index in [0.717, 1.165) is 0 Å². The predicted molar refractivity (Wildman–Crippen MR) is 64.9 cm³/mol. The Balaban J connectivity index is 2.42. The van der Waals surface area contributed by atoms with E-state index in [1.165, 1.54) is 24.4 Å². The lowest BCUT2D eigenvalue weighted by atomic mass is 10.2. The molecule has 0 unspecified atom stereocenters. The van der Waals surface area contributed by atoms with E-state index in [1.807, 2.05) is 0 Å². The lowest BCUT2D eigenvalue weighted by Gasteiger charge is -2.10. The highest BCUT2D eigenvalue weighted by Gasteiger charge is 2.15. The van der Waals surface area contributed by atoms with Gasteiger partial charge in [-0.15, -0.1) is 0 Å². The largest absolute Gasteiger partial charge is 0.477 e. The molecular weight excluding hydrogens is 251 g/mol. The maximum Gasteiger partial charge on any atom is 0.342 e. The van der Waals surface area contributed by atoms with Crippen LogP contribution in [0, 0.1) is 19.7 Å². The molecule has 0 amide bonds. The first kappa shape index (κ1) is 12.9. The Labute approximate surface area is 108 Å². The molecule has 0 bridgehead atoms. The van der Waals surface area contributed by atoms with Gasteiger partial charge in [0.2, 0.25) is 5.88 Å². The third-order valence-electron chi connectivity index (χ3n) is 2.45. The second-order valence-corrected chi connectivity index (χ2v) is 3.95. The Morgan fingerprint density at radius 2 is 2.11 bits per heavy atom. The summed E-state index contributed by atoms with van der Waals surface area (Å²) in [5.41, 5.74) is 0.405. The van der Waals surface area contributed by atoms with E-state index in [2.05, 4.69) is 9.97 Å². The molecule has 0 saturated heterocycles. The van der Waals surface area contributed by atoms with E-state index in [9.17, 15) is 9.18 Å². The summed E-state index contributed by atoms with van der Waals surface area (Å²) in [6.07, 6.45) is 1.18. The van der Waals surface area contributed by atoms with Crippen LogP contribution in [-0.2, 0) is 0 Å². The first-order valence-corrected chi connectivity index (χ1v) is 5.48. The topological polar surface area (TPSA) is 72.3 Å². The van der Waals surface area contributed by atoms with Crippen molar-refractivity contribution in [3.05, 3.63) is 47.2 Å². The molecule has 2 aromatic rings. The molecule has 2 rings (SSSR count). The van der Waals surface area contributed by atoms with E-state index < -0.39 is 5.97 Å². The molecule has 1 aromatic heterocycles. The van der Waals surface area contributed by atoms with Crippen LogP contribution in [-0.4, -0.2) is 21.0 Å². The molecule has 0 fully saturated rings. The second-order valence-electron chi connectivity index (χ2n) is 3.95. The van der Waals surface area contributed by atoms with Gasteiger partial charge in [-0.25, -0.2) is 14.2 Å². The molecule has 98 valence electrons. The van der Waals surface area contributed by atoms with Crippen molar-refractivity contribution in [2.75, 3.05) is 0 Å². The molecule has 0 aliphatic carbocycles. The van der Waals surface area contributed by atoms with Crippen LogP contribution in [0.5, 0.6) is 11.6 Å². The third kappa shape index (κ3) is 2.85. The smallest absolute Gasteiger partial charge is 0.342 e. The fourth-order valence-electron chi connectivity index (χ4n) is 1.51. The van der Waals surface area contributed by atoms with Crippen LogP contribution < -0.4 is 4.74 Å². The van der Waals surface area contributed by atoms with Crippen molar-refractivity contribution in [1.29, 1.82) is 0 Å². The minimum atomic E-state index is -1.19. The lowest BCUT2D eigenvalue weighted by molar-refractivity contribution is 0.0692. The van der Waals surface area contributed by atoms with Crippen LogP contribution in [0.1, 0.15) is 21.7 Å². The SMILES string of the molecule is Cc1ncc(C(=O)O)c(Oc2ccc(F)cc2C)n1. The molecule has 0 saturated carbocycles. The van der Waals surface area contributed by atoms with Gasteiger partial charge in [0.15, 0.2) is 0 Å². The number of ether oxygens (including phenoxy) is 1. The number of benzene rings is 1. The molecule has 5 nitrogen and oxygen atoms in total. The number of nitrogens with zero attached hydrogens (tertiary/aromatic N) is 2. The number of hydrogen-bond donors (Lipinski definition) is 1. The van der Waals surface area contributed by atoms with Gasteiger partial charge in [0, 0.05) is 6.20 Å². The summed E-state index contributed by atoms with van der Waals surface area (Å²) < 4.78 is 18.4. The fourth-order valence-corrected chi connectivity index (χ4v) is 1.51. The number of halogens is 1. The Morgan fingerprint density at radius 3 is 2.74 bits per heavy atom. The third-order valence-corrected chi connectivity index (χ3v) is 2.45. The van der Waals surface area contributed by atoms with E-state index in [-0.39, 0.29) is 17.3 Å². The van der Waals surface area contributed by atoms with Crippen molar-refractivity contribution in [2.45, 2.75) is 13.8 Å². The normalized spacial score (nSPS) is 10.3. The van der Waals surface area contributed by atoms with Gasteiger partial charge in [-0.2, -0.15) is 4.98 Å². The molecule has 6 heteroatoms. The van der Waals surface area contributed by atoms with Gasteiger partial charge >= 0.3 is 5.97 Å². The maximum atomic E-state index is 13.0. The van der Waals surface area contributed by atoms with Crippen molar-refractivity contribution in [2.24, 2.45) is 0 Å². The standard InChI is InChI=1S/C13H11FN2O3/c1-7-5-9(14)3-4-11(7)19-12-10(13(17)18)6-15-8(2)16-12/h3-6H,1-2H3,(H,17,18). The average Bonchev–Trinajstić information content (AvgIpc) is 2.32. The molecule has 1 heterocycles. The van der Waals surface area contributed by atoms with Crippen molar-refractivity contribution < 1.29 is 19.0 Å². The zero-order chi connectivity index (χ0) is 14.0. The summed E-state index contributed by atoms with van der Waals surface area (Å²) in [6, 6.07) is 3.95. The van der Waals surface area contributed by atoms with E-state index in [4.69, 9.17) is 9.84 Å². The minimum absolute atomic E-state index is 0.0605. The van der Waals surface area contributed by atoms with Crippen LogP contribution >= 0.6 is 0 Å². The number of carbonyl (C=O) groups is 1. The Kier molecular flexibility index (Phi) is 3.41. The van der Waals surface area contributed by atoms with Crippen molar-refractivity contribution in [1.82, 2.24) is 9.97 Å². The summed E-state index contributed by atoms with van der Waals surface area (Å²) in [6.45, 7) is 3.28. The number of rotatable bonds is 3. The summed E-state index contributed by atoms with van der Waals surface area (Å²) in [5.74, 6) is -0.895. The van der Waals surface area contributed by atoms with Crippen molar-refractivity contribution >= 4 is 5.97 Å². The number of aryl methyl sites for hydroxylation is 2. The molecule has 1 N–H and O–H groups in total. The summed E-state index contributed by atoms with van der Waals surface area (Å²) in [5, 5.41) is 9.03. The second kappa shape index (κ2) is 5.01. The van der Waals surface area contributed by atoms with E-state index in [0.29, 0.717) is 17.1 Å². The minimum Gasteiger partial charge on any atom is -0.477 e.